The summed E-state index contributed by atoms with van der Waals surface area (Å²) in [5.41, 5.74) is 1.92. The average molecular weight is 356 g/mol. The summed E-state index contributed by atoms with van der Waals surface area (Å²) < 4.78 is 0. The van der Waals surface area contributed by atoms with Crippen molar-refractivity contribution in [3.63, 3.8) is 0 Å². The average Bonchev–Trinajstić information content (AvgIpc) is 3.21. The minimum Gasteiger partial charge on any atom is -0.392 e. The molecule has 1 unspecified atom stereocenters. The van der Waals surface area contributed by atoms with Gasteiger partial charge < -0.3 is 15.3 Å². The molecule has 1 aliphatic rings. The Hall–Kier alpha value is -2.44. The first kappa shape index (κ1) is 17.4. The number of rotatable bonds is 6. The van der Waals surface area contributed by atoms with E-state index in [1.165, 1.54) is 17.4 Å². The standard InChI is InChI=1S/C19H20N2O3S/c22-12-15-8-17(25-13-15)6-7-18(23)20-16-9-19(24)21(11-16)10-14-4-2-1-3-5-14/h1-8,13,16,22H,9-12H2,(H,20,23)/b7-6+. The topological polar surface area (TPSA) is 69.6 Å². The third kappa shape index (κ3) is 4.78. The Kier molecular flexibility index (Phi) is 5.63. The first-order chi connectivity index (χ1) is 12.1. The van der Waals surface area contributed by atoms with Crippen LogP contribution in [0.15, 0.2) is 47.9 Å². The summed E-state index contributed by atoms with van der Waals surface area (Å²) in [4.78, 5) is 26.9. The van der Waals surface area contributed by atoms with Crippen molar-refractivity contribution in [1.29, 1.82) is 0 Å². The van der Waals surface area contributed by atoms with E-state index >= 15 is 0 Å². The number of hydrogen-bond acceptors (Lipinski definition) is 4. The van der Waals surface area contributed by atoms with Gasteiger partial charge >= 0.3 is 0 Å². The van der Waals surface area contributed by atoms with E-state index in [2.05, 4.69) is 5.32 Å². The molecule has 0 bridgehead atoms. The van der Waals surface area contributed by atoms with Crippen LogP contribution in [0.25, 0.3) is 6.08 Å². The predicted molar refractivity (Wildman–Crippen MR) is 97.7 cm³/mol. The maximum Gasteiger partial charge on any atom is 0.244 e. The van der Waals surface area contributed by atoms with Crippen LogP contribution in [-0.4, -0.2) is 34.4 Å². The van der Waals surface area contributed by atoms with Crippen LogP contribution in [0.5, 0.6) is 0 Å². The molecule has 2 amide bonds. The van der Waals surface area contributed by atoms with Crippen molar-refractivity contribution in [2.24, 2.45) is 0 Å². The third-order valence-electron chi connectivity index (χ3n) is 4.03. The molecule has 1 saturated heterocycles. The molecule has 1 atom stereocenters. The lowest BCUT2D eigenvalue weighted by atomic mass is 10.2. The Bertz CT molecular complexity index is 770. The first-order valence-corrected chi connectivity index (χ1v) is 9.00. The van der Waals surface area contributed by atoms with E-state index in [9.17, 15) is 9.59 Å². The molecule has 0 radical (unpaired) electrons. The minimum absolute atomic E-state index is 0.00201. The highest BCUT2D eigenvalue weighted by molar-refractivity contribution is 7.11. The van der Waals surface area contributed by atoms with E-state index in [-0.39, 0.29) is 24.5 Å². The zero-order valence-corrected chi connectivity index (χ0v) is 14.5. The summed E-state index contributed by atoms with van der Waals surface area (Å²) in [5.74, 6) is -0.151. The molecular weight excluding hydrogens is 336 g/mol. The molecule has 25 heavy (non-hydrogen) atoms. The van der Waals surface area contributed by atoms with Crippen molar-refractivity contribution in [2.45, 2.75) is 25.6 Å². The highest BCUT2D eigenvalue weighted by atomic mass is 32.1. The van der Waals surface area contributed by atoms with Crippen LogP contribution in [0.2, 0.25) is 0 Å². The van der Waals surface area contributed by atoms with E-state index in [1.54, 1.807) is 11.0 Å². The molecule has 1 fully saturated rings. The monoisotopic (exact) mass is 356 g/mol. The normalized spacial score (nSPS) is 17.4. The summed E-state index contributed by atoms with van der Waals surface area (Å²) in [5, 5.41) is 13.8. The van der Waals surface area contributed by atoms with E-state index in [4.69, 9.17) is 5.11 Å². The van der Waals surface area contributed by atoms with Crippen molar-refractivity contribution in [3.8, 4) is 0 Å². The largest absolute Gasteiger partial charge is 0.392 e. The zero-order valence-electron chi connectivity index (χ0n) is 13.7. The molecule has 3 rings (SSSR count). The summed E-state index contributed by atoms with van der Waals surface area (Å²) in [7, 11) is 0. The number of nitrogens with one attached hydrogen (secondary N) is 1. The number of aliphatic hydroxyl groups is 1. The highest BCUT2D eigenvalue weighted by Crippen LogP contribution is 2.17. The molecule has 1 aliphatic heterocycles. The number of benzene rings is 1. The van der Waals surface area contributed by atoms with Gasteiger partial charge in [0.25, 0.3) is 0 Å². The number of carbonyl (C=O) groups excluding carboxylic acids is 2. The van der Waals surface area contributed by atoms with Gasteiger partial charge in [-0.2, -0.15) is 0 Å². The van der Waals surface area contributed by atoms with Crippen LogP contribution in [0.4, 0.5) is 0 Å². The highest BCUT2D eigenvalue weighted by Gasteiger charge is 2.30. The molecule has 0 saturated carbocycles. The Morgan fingerprint density at radius 3 is 2.84 bits per heavy atom. The van der Waals surface area contributed by atoms with Gasteiger partial charge in [-0.3, -0.25) is 9.59 Å². The molecular formula is C19H20N2O3S. The lowest BCUT2D eigenvalue weighted by Gasteiger charge is -2.16. The molecule has 2 heterocycles. The number of aliphatic hydroxyl groups excluding tert-OH is 1. The summed E-state index contributed by atoms with van der Waals surface area (Å²) in [6.45, 7) is 1.10. The van der Waals surface area contributed by atoms with Gasteiger partial charge in [0.2, 0.25) is 11.8 Å². The molecule has 1 aromatic heterocycles. The van der Waals surface area contributed by atoms with E-state index in [1.807, 2.05) is 41.8 Å². The summed E-state index contributed by atoms with van der Waals surface area (Å²) in [6, 6.07) is 11.5. The first-order valence-electron chi connectivity index (χ1n) is 8.12. The SMILES string of the molecule is O=C(/C=C/c1cc(CO)cs1)NC1CC(=O)N(Cc2ccccc2)C1. The van der Waals surface area contributed by atoms with Crippen molar-refractivity contribution >= 4 is 29.2 Å². The third-order valence-corrected chi connectivity index (χ3v) is 4.98. The number of hydrogen-bond donors (Lipinski definition) is 2. The van der Waals surface area contributed by atoms with Crippen LogP contribution >= 0.6 is 11.3 Å². The summed E-state index contributed by atoms with van der Waals surface area (Å²) in [6.07, 6.45) is 3.52. The number of likely N-dealkylation sites (tertiary alicyclic amines) is 1. The lowest BCUT2D eigenvalue weighted by molar-refractivity contribution is -0.128. The molecule has 1 aromatic carbocycles. The fraction of sp³-hybridized carbons (Fsp3) is 0.263. The molecule has 2 N–H and O–H groups in total. The Balaban J connectivity index is 1.51. The van der Waals surface area contributed by atoms with Gasteiger partial charge in [0.05, 0.1) is 12.6 Å². The molecule has 5 nitrogen and oxygen atoms in total. The Morgan fingerprint density at radius 2 is 2.12 bits per heavy atom. The number of nitrogens with zero attached hydrogens (tertiary/aromatic N) is 1. The van der Waals surface area contributed by atoms with Crippen LogP contribution in [-0.2, 0) is 22.7 Å². The molecule has 0 spiro atoms. The number of thiophene rings is 1. The van der Waals surface area contributed by atoms with E-state index in [0.717, 1.165) is 16.0 Å². The molecule has 0 aliphatic carbocycles. The lowest BCUT2D eigenvalue weighted by Crippen LogP contribution is -2.36. The Labute approximate surface area is 150 Å². The van der Waals surface area contributed by atoms with Crippen LogP contribution in [0.1, 0.15) is 22.4 Å². The second-order valence-corrected chi connectivity index (χ2v) is 6.96. The maximum atomic E-state index is 12.1. The van der Waals surface area contributed by atoms with Gasteiger partial charge in [-0.25, -0.2) is 0 Å². The Morgan fingerprint density at radius 1 is 1.32 bits per heavy atom. The smallest absolute Gasteiger partial charge is 0.244 e. The van der Waals surface area contributed by atoms with E-state index < -0.39 is 0 Å². The van der Waals surface area contributed by atoms with Gasteiger partial charge in [0.15, 0.2) is 0 Å². The molecule has 130 valence electrons. The fourth-order valence-corrected chi connectivity index (χ4v) is 3.59. The zero-order chi connectivity index (χ0) is 17.6. The van der Waals surface area contributed by atoms with Gasteiger partial charge in [0, 0.05) is 30.5 Å². The van der Waals surface area contributed by atoms with Crippen molar-refractivity contribution in [3.05, 3.63) is 63.9 Å². The van der Waals surface area contributed by atoms with Crippen LogP contribution < -0.4 is 5.32 Å². The maximum absolute atomic E-state index is 12.1. The second-order valence-electron chi connectivity index (χ2n) is 6.02. The minimum atomic E-state index is -0.210. The second kappa shape index (κ2) is 8.09. The van der Waals surface area contributed by atoms with Gasteiger partial charge in [-0.05, 0) is 28.6 Å². The van der Waals surface area contributed by atoms with Gasteiger partial charge in [-0.1, -0.05) is 30.3 Å². The number of amides is 2. The van der Waals surface area contributed by atoms with Crippen molar-refractivity contribution in [2.75, 3.05) is 6.54 Å². The molecule has 2 aromatic rings. The van der Waals surface area contributed by atoms with Gasteiger partial charge in [-0.15, -0.1) is 11.3 Å². The predicted octanol–water partition coefficient (Wildman–Crippen LogP) is 2.17. The fourth-order valence-electron chi connectivity index (χ4n) is 2.80. The number of carbonyl (C=O) groups is 2. The van der Waals surface area contributed by atoms with Gasteiger partial charge in [0.1, 0.15) is 0 Å². The summed E-state index contributed by atoms with van der Waals surface area (Å²) >= 11 is 1.47. The van der Waals surface area contributed by atoms with Crippen molar-refractivity contribution < 1.29 is 14.7 Å². The quantitative estimate of drug-likeness (QED) is 0.780. The van der Waals surface area contributed by atoms with Crippen molar-refractivity contribution in [1.82, 2.24) is 10.2 Å². The van der Waals surface area contributed by atoms with Crippen LogP contribution in [0.3, 0.4) is 0 Å². The van der Waals surface area contributed by atoms with E-state index in [0.29, 0.717) is 19.5 Å². The van der Waals surface area contributed by atoms with Crippen LogP contribution in [0, 0.1) is 0 Å². The molecule has 6 heteroatoms.